The van der Waals surface area contributed by atoms with Crippen molar-refractivity contribution in [3.8, 4) is 0 Å². The highest BCUT2D eigenvalue weighted by molar-refractivity contribution is 8.00. The highest BCUT2D eigenvalue weighted by Crippen LogP contribution is 2.59. The maximum atomic E-state index is 12.7. The second-order valence-electron chi connectivity index (χ2n) is 12.4. The van der Waals surface area contributed by atoms with Crippen LogP contribution in [0.25, 0.3) is 0 Å². The van der Waals surface area contributed by atoms with Crippen molar-refractivity contribution in [3.63, 3.8) is 0 Å². The van der Waals surface area contributed by atoms with E-state index in [-0.39, 0.29) is 60.3 Å². The molecule has 2 aliphatic heterocycles. The van der Waals surface area contributed by atoms with Gasteiger partial charge in [-0.05, 0) is 47.0 Å². The van der Waals surface area contributed by atoms with E-state index in [0.717, 1.165) is 18.2 Å². The van der Waals surface area contributed by atoms with Crippen molar-refractivity contribution in [2.75, 3.05) is 31.8 Å². The molecule has 0 aromatic carbocycles. The van der Waals surface area contributed by atoms with E-state index in [4.69, 9.17) is 23.7 Å². The lowest BCUT2D eigenvalue weighted by molar-refractivity contribution is -0.146. The molecule has 12 nitrogen and oxygen atoms in total. The third-order valence-corrected chi connectivity index (χ3v) is 9.44. The first-order chi connectivity index (χ1) is 20.8. The quantitative estimate of drug-likeness (QED) is 0.145. The Balaban J connectivity index is 1.50. The molecule has 2 saturated heterocycles. The van der Waals surface area contributed by atoms with E-state index in [9.17, 15) is 24.0 Å². The monoisotopic (exact) mass is 640 g/mol. The summed E-state index contributed by atoms with van der Waals surface area (Å²) in [7, 11) is 1.58. The molecule has 0 radical (unpaired) electrons. The van der Waals surface area contributed by atoms with Crippen molar-refractivity contribution in [2.24, 2.45) is 11.8 Å². The molecule has 3 amide bonds. The fourth-order valence-electron chi connectivity index (χ4n) is 5.86. The van der Waals surface area contributed by atoms with Crippen LogP contribution in [0.3, 0.4) is 0 Å². The number of ether oxygens (including phenoxy) is 5. The Morgan fingerprint density at radius 3 is 2.41 bits per heavy atom. The minimum Gasteiger partial charge on any atom is -0.464 e. The first-order valence-corrected chi connectivity index (χ1v) is 16.5. The molecule has 1 spiro atoms. The van der Waals surface area contributed by atoms with E-state index in [1.807, 2.05) is 13.8 Å². The molecule has 3 rings (SSSR count). The molecule has 0 bridgehead atoms. The van der Waals surface area contributed by atoms with Gasteiger partial charge >= 0.3 is 12.1 Å². The number of amides is 3. The van der Waals surface area contributed by atoms with Crippen LogP contribution >= 0.6 is 11.8 Å². The molecule has 0 aromatic heterocycles. The predicted octanol–water partition coefficient (Wildman–Crippen LogP) is 3.10. The topological polar surface area (TPSA) is 162 Å². The molecule has 2 N–H and O–H groups in total. The number of allylic oxidation sites excluding steroid dienone is 1. The molecule has 1 aliphatic carbocycles. The zero-order valence-electron chi connectivity index (χ0n) is 26.9. The summed E-state index contributed by atoms with van der Waals surface area (Å²) in [5.74, 6) is -2.23. The Morgan fingerprint density at radius 2 is 1.82 bits per heavy atom. The number of rotatable bonds is 16. The Morgan fingerprint density at radius 1 is 1.11 bits per heavy atom. The minimum absolute atomic E-state index is 0.0121. The van der Waals surface area contributed by atoms with E-state index >= 15 is 0 Å². The number of ketones is 1. The standard InChI is InChI=1S/C31H48N2O10S/c1-8-40-28(37)20(32-24(35)12-10-21(34)19(4)5)15-44-16-25(36)33-29(38)42-22-13-14-31(17-41-31)27(26(22)39-7)30(6)23(43-30)11-9-18(2)3/h9,19-20,22-23,26-27H,8,10-17H2,1-7H3,(H,32,35)(H,33,36,38)/t20-,22-,23-,26-,27-,30+,31+/m1/s1. The van der Waals surface area contributed by atoms with Crippen molar-refractivity contribution in [3.05, 3.63) is 11.6 Å². The van der Waals surface area contributed by atoms with E-state index in [0.29, 0.717) is 19.4 Å². The smallest absolute Gasteiger partial charge is 0.414 e. The zero-order valence-corrected chi connectivity index (χ0v) is 27.7. The number of imide groups is 1. The molecule has 248 valence electrons. The number of carbonyl (C=O) groups excluding carboxylic acids is 5. The molecular weight excluding hydrogens is 592 g/mol. The number of esters is 1. The molecule has 1 saturated carbocycles. The summed E-state index contributed by atoms with van der Waals surface area (Å²) in [5, 5.41) is 4.82. The average Bonchev–Trinajstić information content (AvgIpc) is 3.87. The van der Waals surface area contributed by atoms with Gasteiger partial charge < -0.3 is 29.0 Å². The third kappa shape index (κ3) is 9.51. The summed E-state index contributed by atoms with van der Waals surface area (Å²) in [5.41, 5.74) is 0.360. The Labute approximate surface area is 264 Å². The Hall–Kier alpha value is -2.48. The van der Waals surface area contributed by atoms with Gasteiger partial charge in [0.05, 0.1) is 31.0 Å². The van der Waals surface area contributed by atoms with Gasteiger partial charge in [0.15, 0.2) is 0 Å². The SMILES string of the molecule is CCOC(=O)[C@@H](CSCC(=O)NC(=O)O[C@@H]1CC[C@]2(CO2)[C@@H]([C@@]2(C)O[C@@H]2CC=C(C)C)[C@@H]1OC)NC(=O)CCC(=O)C(C)C. The van der Waals surface area contributed by atoms with Gasteiger partial charge in [-0.25, -0.2) is 9.59 Å². The van der Waals surface area contributed by atoms with E-state index < -0.39 is 47.7 Å². The lowest BCUT2D eigenvalue weighted by Gasteiger charge is -2.42. The summed E-state index contributed by atoms with van der Waals surface area (Å²) in [6, 6.07) is -1.01. The Kier molecular flexibility index (Phi) is 12.8. The van der Waals surface area contributed by atoms with Gasteiger partial charge in [0.1, 0.15) is 35.2 Å². The summed E-state index contributed by atoms with van der Waals surface area (Å²) in [4.78, 5) is 61.8. The van der Waals surface area contributed by atoms with E-state index in [1.54, 1.807) is 27.9 Å². The number of thioether (sulfide) groups is 1. The second kappa shape index (κ2) is 15.7. The van der Waals surface area contributed by atoms with Crippen molar-refractivity contribution >= 4 is 41.4 Å². The largest absolute Gasteiger partial charge is 0.464 e. The predicted molar refractivity (Wildman–Crippen MR) is 163 cm³/mol. The third-order valence-electron chi connectivity index (χ3n) is 8.40. The van der Waals surface area contributed by atoms with Crippen LogP contribution in [0.4, 0.5) is 4.79 Å². The van der Waals surface area contributed by atoms with Gasteiger partial charge in [-0.15, -0.1) is 11.8 Å². The van der Waals surface area contributed by atoms with Gasteiger partial charge in [-0.2, -0.15) is 0 Å². The number of hydrogen-bond donors (Lipinski definition) is 2. The van der Waals surface area contributed by atoms with Crippen LogP contribution < -0.4 is 10.6 Å². The fraction of sp³-hybridized carbons (Fsp3) is 0.774. The number of carbonyl (C=O) groups is 5. The summed E-state index contributed by atoms with van der Waals surface area (Å²) in [6.07, 6.45) is 2.18. The number of methoxy groups -OCH3 is 1. The fourth-order valence-corrected chi connectivity index (χ4v) is 6.69. The number of nitrogens with one attached hydrogen (secondary N) is 2. The summed E-state index contributed by atoms with van der Waals surface area (Å²) in [6.45, 7) is 12.0. The average molecular weight is 641 g/mol. The van der Waals surface area contributed by atoms with Crippen molar-refractivity contribution in [1.82, 2.24) is 10.6 Å². The molecule has 0 aromatic rings. The van der Waals surface area contributed by atoms with Crippen LogP contribution in [0, 0.1) is 11.8 Å². The maximum absolute atomic E-state index is 12.7. The van der Waals surface area contributed by atoms with Crippen LogP contribution in [0.2, 0.25) is 0 Å². The Bertz CT molecular complexity index is 1100. The van der Waals surface area contributed by atoms with Crippen LogP contribution in [0.15, 0.2) is 11.6 Å². The normalized spacial score (nSPS) is 29.4. The van der Waals surface area contributed by atoms with Crippen molar-refractivity contribution in [1.29, 1.82) is 0 Å². The van der Waals surface area contributed by atoms with E-state index in [1.165, 1.54) is 5.57 Å². The first kappa shape index (κ1) is 36.0. The van der Waals surface area contributed by atoms with Crippen molar-refractivity contribution in [2.45, 2.75) is 109 Å². The molecule has 0 unspecified atom stereocenters. The number of Topliss-reactive ketones (excluding diaryl/α,β-unsaturated/α-hetero) is 1. The van der Waals surface area contributed by atoms with Crippen molar-refractivity contribution < 1.29 is 47.7 Å². The highest BCUT2D eigenvalue weighted by atomic mass is 32.2. The minimum atomic E-state index is -1.01. The van der Waals surface area contributed by atoms with Crippen LogP contribution in [0.5, 0.6) is 0 Å². The molecule has 7 atom stereocenters. The summed E-state index contributed by atoms with van der Waals surface area (Å²) < 4.78 is 28.7. The number of epoxide rings is 2. The molecule has 13 heteroatoms. The lowest BCUT2D eigenvalue weighted by atomic mass is 9.68. The maximum Gasteiger partial charge on any atom is 0.414 e. The first-order valence-electron chi connectivity index (χ1n) is 15.3. The van der Waals surface area contributed by atoms with Crippen LogP contribution in [0.1, 0.15) is 73.6 Å². The highest BCUT2D eigenvalue weighted by Gasteiger charge is 2.72. The number of hydrogen-bond acceptors (Lipinski definition) is 11. The molecule has 44 heavy (non-hydrogen) atoms. The van der Waals surface area contributed by atoms with Gasteiger partial charge in [0.2, 0.25) is 11.8 Å². The van der Waals surface area contributed by atoms with Gasteiger partial charge in [-0.1, -0.05) is 25.5 Å². The molecular formula is C31H48N2O10S. The zero-order chi connectivity index (χ0) is 32.7. The number of alkyl carbamates (subject to hydrolysis) is 1. The van der Waals surface area contributed by atoms with Gasteiger partial charge in [0, 0.05) is 31.6 Å². The van der Waals surface area contributed by atoms with Gasteiger partial charge in [0.25, 0.3) is 0 Å². The van der Waals surface area contributed by atoms with Crippen LogP contribution in [-0.2, 0) is 42.9 Å². The van der Waals surface area contributed by atoms with E-state index in [2.05, 4.69) is 23.6 Å². The summed E-state index contributed by atoms with van der Waals surface area (Å²) >= 11 is 1.05. The lowest BCUT2D eigenvalue weighted by Crippen LogP contribution is -2.56. The van der Waals surface area contributed by atoms with Gasteiger partial charge in [-0.3, -0.25) is 19.7 Å². The second-order valence-corrected chi connectivity index (χ2v) is 13.4. The molecule has 2 heterocycles. The van der Waals surface area contributed by atoms with Crippen LogP contribution in [-0.4, -0.2) is 97.0 Å². The molecule has 3 fully saturated rings. The molecule has 3 aliphatic rings.